The molecule has 3 unspecified atom stereocenters. The van der Waals surface area contributed by atoms with Gasteiger partial charge < -0.3 is 20.3 Å². The summed E-state index contributed by atoms with van der Waals surface area (Å²) in [7, 11) is 0. The second kappa shape index (κ2) is 8.37. The van der Waals surface area contributed by atoms with E-state index < -0.39 is 6.10 Å². The van der Waals surface area contributed by atoms with E-state index in [-0.39, 0.29) is 12.7 Å². The van der Waals surface area contributed by atoms with Crippen LogP contribution in [0.3, 0.4) is 0 Å². The average molecular weight is 293 g/mol. The van der Waals surface area contributed by atoms with Gasteiger partial charge in [0.25, 0.3) is 0 Å². The summed E-state index contributed by atoms with van der Waals surface area (Å²) in [6.45, 7) is 3.23. The Balaban J connectivity index is 1.73. The molecule has 0 aliphatic heterocycles. The van der Waals surface area contributed by atoms with Gasteiger partial charge in [0, 0.05) is 12.1 Å². The maximum atomic E-state index is 10.0. The molecule has 0 spiro atoms. The molecule has 118 valence electrons. The molecule has 0 heterocycles. The van der Waals surface area contributed by atoms with Crippen molar-refractivity contribution in [1.29, 1.82) is 0 Å². The molecule has 0 bridgehead atoms. The third-order valence-corrected chi connectivity index (χ3v) is 4.16. The quantitative estimate of drug-likeness (QED) is 0.810. The second-order valence-electron chi connectivity index (χ2n) is 5.91. The zero-order valence-corrected chi connectivity index (χ0v) is 12.8. The van der Waals surface area contributed by atoms with E-state index in [1.807, 2.05) is 24.3 Å². The number of nitrogens with two attached hydrogens (primary N) is 1. The minimum absolute atomic E-state index is 0.234. The van der Waals surface area contributed by atoms with E-state index in [0.29, 0.717) is 19.1 Å². The summed E-state index contributed by atoms with van der Waals surface area (Å²) in [4.78, 5) is 0. The van der Waals surface area contributed by atoms with Gasteiger partial charge in [0.15, 0.2) is 0 Å². The highest BCUT2D eigenvalue weighted by molar-refractivity contribution is 5.32. The van der Waals surface area contributed by atoms with Crippen molar-refractivity contribution in [2.75, 3.05) is 13.2 Å². The number of hydrogen-bond donors (Lipinski definition) is 2. The zero-order valence-electron chi connectivity index (χ0n) is 12.8. The first-order valence-corrected chi connectivity index (χ1v) is 7.91. The lowest BCUT2D eigenvalue weighted by Crippen LogP contribution is -2.31. The second-order valence-corrected chi connectivity index (χ2v) is 5.91. The molecule has 0 amide bonds. The molecule has 3 N–H and O–H groups in total. The largest absolute Gasteiger partial charge is 0.490 e. The Labute approximate surface area is 127 Å². The zero-order chi connectivity index (χ0) is 15.1. The molecule has 1 aliphatic rings. The predicted molar refractivity (Wildman–Crippen MR) is 83.2 cm³/mol. The summed E-state index contributed by atoms with van der Waals surface area (Å²) in [6, 6.07) is 7.64. The van der Waals surface area contributed by atoms with Gasteiger partial charge in [-0.15, -0.1) is 0 Å². The molecule has 0 radical (unpaired) electrons. The first-order valence-electron chi connectivity index (χ1n) is 7.91. The van der Waals surface area contributed by atoms with Crippen LogP contribution in [0, 0.1) is 5.92 Å². The summed E-state index contributed by atoms with van der Waals surface area (Å²) in [5, 5.41) is 10.0. The Morgan fingerprint density at radius 2 is 2.00 bits per heavy atom. The van der Waals surface area contributed by atoms with Crippen LogP contribution in [0.5, 0.6) is 5.75 Å². The Morgan fingerprint density at radius 1 is 1.24 bits per heavy atom. The predicted octanol–water partition coefficient (Wildman–Crippen LogP) is 2.48. The summed E-state index contributed by atoms with van der Waals surface area (Å²) < 4.78 is 11.5. The number of benzene rings is 1. The van der Waals surface area contributed by atoms with Crippen LogP contribution in [0.4, 0.5) is 0 Å². The highest BCUT2D eigenvalue weighted by Gasteiger charge is 2.22. The van der Waals surface area contributed by atoms with E-state index in [1.54, 1.807) is 0 Å². The maximum Gasteiger partial charge on any atom is 0.123 e. The van der Waals surface area contributed by atoms with Crippen molar-refractivity contribution in [3.05, 3.63) is 29.8 Å². The molecule has 1 fully saturated rings. The number of aliphatic hydroxyl groups is 1. The monoisotopic (exact) mass is 293 g/mol. The molecule has 1 aliphatic carbocycles. The molecule has 0 aromatic heterocycles. The summed E-state index contributed by atoms with van der Waals surface area (Å²) >= 11 is 0. The Bertz CT molecular complexity index is 424. The molecule has 4 nitrogen and oxygen atoms in total. The van der Waals surface area contributed by atoms with Gasteiger partial charge in [0.2, 0.25) is 0 Å². The Kier molecular flexibility index (Phi) is 6.49. The van der Waals surface area contributed by atoms with Gasteiger partial charge in [0.1, 0.15) is 18.5 Å². The highest BCUT2D eigenvalue weighted by atomic mass is 16.5. The molecule has 1 saturated carbocycles. The normalized spacial score (nSPS) is 23.8. The first kappa shape index (κ1) is 16.3. The van der Waals surface area contributed by atoms with Crippen LogP contribution >= 0.6 is 0 Å². The SMILES string of the molecule is CC1CCCCC1OCC(O)COc1ccccc1CN. The van der Waals surface area contributed by atoms with Crippen LogP contribution in [-0.2, 0) is 11.3 Å². The number of hydrogen-bond acceptors (Lipinski definition) is 4. The lowest BCUT2D eigenvalue weighted by Gasteiger charge is -2.29. The number of aliphatic hydroxyl groups excluding tert-OH is 1. The molecule has 3 atom stereocenters. The van der Waals surface area contributed by atoms with Gasteiger partial charge in [-0.2, -0.15) is 0 Å². The van der Waals surface area contributed by atoms with Crippen molar-refractivity contribution in [1.82, 2.24) is 0 Å². The molecule has 0 saturated heterocycles. The van der Waals surface area contributed by atoms with Crippen molar-refractivity contribution < 1.29 is 14.6 Å². The van der Waals surface area contributed by atoms with Gasteiger partial charge in [-0.1, -0.05) is 38.0 Å². The molecular weight excluding hydrogens is 266 g/mol. The number of rotatable bonds is 7. The third-order valence-electron chi connectivity index (χ3n) is 4.16. The fourth-order valence-corrected chi connectivity index (χ4v) is 2.81. The summed E-state index contributed by atoms with van der Waals surface area (Å²) in [5.74, 6) is 1.33. The minimum atomic E-state index is -0.607. The molecular formula is C17H27NO3. The fraction of sp³-hybridized carbons (Fsp3) is 0.647. The summed E-state index contributed by atoms with van der Waals surface area (Å²) in [6.07, 6.45) is 4.52. The molecule has 21 heavy (non-hydrogen) atoms. The lowest BCUT2D eigenvalue weighted by molar-refractivity contribution is -0.0554. The van der Waals surface area contributed by atoms with Crippen LogP contribution in [0.25, 0.3) is 0 Å². The average Bonchev–Trinajstić information content (AvgIpc) is 2.52. The third kappa shape index (κ3) is 4.99. The van der Waals surface area contributed by atoms with E-state index in [4.69, 9.17) is 15.2 Å². The number of para-hydroxylation sites is 1. The van der Waals surface area contributed by atoms with Crippen LogP contribution in [0.1, 0.15) is 38.2 Å². The molecule has 4 heteroatoms. The lowest BCUT2D eigenvalue weighted by atomic mass is 9.88. The van der Waals surface area contributed by atoms with Crippen LogP contribution in [-0.4, -0.2) is 30.5 Å². The standard InChI is InChI=1S/C17H27NO3/c1-13-6-2-4-8-16(13)20-11-15(19)12-21-17-9-5-3-7-14(17)10-18/h3,5,7,9,13,15-16,19H,2,4,6,8,10-12,18H2,1H3. The topological polar surface area (TPSA) is 64.7 Å². The van der Waals surface area contributed by atoms with Gasteiger partial charge in [-0.05, 0) is 24.8 Å². The van der Waals surface area contributed by atoms with E-state index in [0.717, 1.165) is 17.7 Å². The molecule has 2 rings (SSSR count). The minimum Gasteiger partial charge on any atom is -0.490 e. The van der Waals surface area contributed by atoms with Gasteiger partial charge >= 0.3 is 0 Å². The van der Waals surface area contributed by atoms with E-state index in [1.165, 1.54) is 19.3 Å². The number of ether oxygens (including phenoxy) is 2. The fourth-order valence-electron chi connectivity index (χ4n) is 2.81. The maximum absolute atomic E-state index is 10.0. The van der Waals surface area contributed by atoms with E-state index in [2.05, 4.69) is 6.92 Å². The van der Waals surface area contributed by atoms with E-state index in [9.17, 15) is 5.11 Å². The van der Waals surface area contributed by atoms with Gasteiger partial charge in [0.05, 0.1) is 12.7 Å². The van der Waals surface area contributed by atoms with Crippen molar-refractivity contribution in [3.8, 4) is 5.75 Å². The van der Waals surface area contributed by atoms with Crippen LogP contribution in [0.15, 0.2) is 24.3 Å². The van der Waals surface area contributed by atoms with Crippen LogP contribution in [0.2, 0.25) is 0 Å². The van der Waals surface area contributed by atoms with Gasteiger partial charge in [-0.25, -0.2) is 0 Å². The highest BCUT2D eigenvalue weighted by Crippen LogP contribution is 2.26. The molecule has 1 aromatic rings. The van der Waals surface area contributed by atoms with E-state index >= 15 is 0 Å². The molecule has 1 aromatic carbocycles. The first-order chi connectivity index (χ1) is 10.2. The van der Waals surface area contributed by atoms with Crippen molar-refractivity contribution in [2.45, 2.75) is 51.4 Å². The van der Waals surface area contributed by atoms with Crippen molar-refractivity contribution >= 4 is 0 Å². The summed E-state index contributed by atoms with van der Waals surface area (Å²) in [5.41, 5.74) is 6.61. The van der Waals surface area contributed by atoms with Crippen molar-refractivity contribution in [3.63, 3.8) is 0 Å². The van der Waals surface area contributed by atoms with Gasteiger partial charge in [-0.3, -0.25) is 0 Å². The van der Waals surface area contributed by atoms with Crippen LogP contribution < -0.4 is 10.5 Å². The van der Waals surface area contributed by atoms with Crippen molar-refractivity contribution in [2.24, 2.45) is 11.7 Å². The smallest absolute Gasteiger partial charge is 0.123 e. The Morgan fingerprint density at radius 3 is 2.76 bits per heavy atom. The Hall–Kier alpha value is -1.10.